The van der Waals surface area contributed by atoms with E-state index in [0.717, 1.165) is 24.5 Å². The number of halogens is 2. The standard InChI is InChI=1S/C13H18Cl2N2O/c1-9-7-17(8-13(2,3)18-9)12-4-10(5-14)11(15)6-16-12/h4,6,9H,5,7-8H2,1-3H3. The lowest BCUT2D eigenvalue weighted by Gasteiger charge is -2.42. The zero-order valence-corrected chi connectivity index (χ0v) is 12.4. The van der Waals surface area contributed by atoms with E-state index in [0.29, 0.717) is 10.9 Å². The molecule has 1 unspecified atom stereocenters. The number of morpholine rings is 1. The highest BCUT2D eigenvalue weighted by Crippen LogP contribution is 2.27. The van der Waals surface area contributed by atoms with Gasteiger partial charge in [0.1, 0.15) is 5.82 Å². The van der Waals surface area contributed by atoms with Crippen LogP contribution in [0.4, 0.5) is 5.82 Å². The molecule has 0 N–H and O–H groups in total. The van der Waals surface area contributed by atoms with Crippen molar-refractivity contribution in [2.75, 3.05) is 18.0 Å². The number of alkyl halides is 1. The van der Waals surface area contributed by atoms with Crippen LogP contribution in [0.3, 0.4) is 0 Å². The predicted molar refractivity (Wildman–Crippen MR) is 75.6 cm³/mol. The minimum atomic E-state index is -0.167. The maximum atomic E-state index is 6.03. The Hall–Kier alpha value is -0.510. The summed E-state index contributed by atoms with van der Waals surface area (Å²) in [5.41, 5.74) is 0.750. The normalized spacial score (nSPS) is 23.2. The quantitative estimate of drug-likeness (QED) is 0.779. The summed E-state index contributed by atoms with van der Waals surface area (Å²) < 4.78 is 5.88. The predicted octanol–water partition coefficient (Wildman–Crippen LogP) is 3.48. The van der Waals surface area contributed by atoms with Crippen molar-refractivity contribution in [1.29, 1.82) is 0 Å². The monoisotopic (exact) mass is 288 g/mol. The average Bonchev–Trinajstić information content (AvgIpc) is 2.27. The van der Waals surface area contributed by atoms with E-state index in [-0.39, 0.29) is 11.7 Å². The minimum absolute atomic E-state index is 0.167. The Bertz CT molecular complexity index is 437. The van der Waals surface area contributed by atoms with Gasteiger partial charge in [0.05, 0.1) is 16.7 Å². The highest BCUT2D eigenvalue weighted by molar-refractivity contribution is 6.32. The van der Waals surface area contributed by atoms with E-state index >= 15 is 0 Å². The Balaban J connectivity index is 2.25. The van der Waals surface area contributed by atoms with Crippen molar-refractivity contribution >= 4 is 29.0 Å². The molecule has 18 heavy (non-hydrogen) atoms. The number of pyridine rings is 1. The molecule has 1 aliphatic heterocycles. The van der Waals surface area contributed by atoms with Crippen molar-refractivity contribution in [2.45, 2.75) is 38.4 Å². The van der Waals surface area contributed by atoms with E-state index in [4.69, 9.17) is 27.9 Å². The number of nitrogens with zero attached hydrogens (tertiary/aromatic N) is 2. The van der Waals surface area contributed by atoms with Crippen LogP contribution in [0, 0.1) is 0 Å². The van der Waals surface area contributed by atoms with Gasteiger partial charge in [-0.1, -0.05) is 11.6 Å². The van der Waals surface area contributed by atoms with Crippen LogP contribution in [0.1, 0.15) is 26.3 Å². The first kappa shape index (κ1) is 13.9. The van der Waals surface area contributed by atoms with Gasteiger partial charge in [-0.3, -0.25) is 0 Å². The van der Waals surface area contributed by atoms with Gasteiger partial charge in [0.25, 0.3) is 0 Å². The van der Waals surface area contributed by atoms with Crippen LogP contribution in [0.25, 0.3) is 0 Å². The number of hydrogen-bond acceptors (Lipinski definition) is 3. The summed E-state index contributed by atoms with van der Waals surface area (Å²) in [4.78, 5) is 6.61. The van der Waals surface area contributed by atoms with Crippen molar-refractivity contribution in [1.82, 2.24) is 4.98 Å². The SMILES string of the molecule is CC1CN(c2cc(CCl)c(Cl)cn2)CC(C)(C)O1. The van der Waals surface area contributed by atoms with Gasteiger partial charge in [-0.2, -0.15) is 0 Å². The molecule has 1 aliphatic rings. The van der Waals surface area contributed by atoms with Crippen LogP contribution in [0.2, 0.25) is 5.02 Å². The highest BCUT2D eigenvalue weighted by Gasteiger charge is 2.32. The number of rotatable bonds is 2. The smallest absolute Gasteiger partial charge is 0.129 e. The second-order valence-electron chi connectivity index (χ2n) is 5.34. The molecule has 0 amide bonds. The average molecular weight is 289 g/mol. The maximum absolute atomic E-state index is 6.03. The summed E-state index contributed by atoms with van der Waals surface area (Å²) in [6, 6.07) is 1.96. The molecule has 2 rings (SSSR count). The van der Waals surface area contributed by atoms with E-state index in [1.54, 1.807) is 6.20 Å². The highest BCUT2D eigenvalue weighted by atomic mass is 35.5. The molecule has 2 heterocycles. The molecule has 5 heteroatoms. The Morgan fingerprint density at radius 2 is 2.28 bits per heavy atom. The summed E-state index contributed by atoms with van der Waals surface area (Å²) in [7, 11) is 0. The Morgan fingerprint density at radius 3 is 2.89 bits per heavy atom. The molecule has 1 fully saturated rings. The molecule has 0 saturated carbocycles. The van der Waals surface area contributed by atoms with Gasteiger partial charge in [0.15, 0.2) is 0 Å². The van der Waals surface area contributed by atoms with E-state index in [1.165, 1.54) is 0 Å². The van der Waals surface area contributed by atoms with Crippen molar-refractivity contribution in [3.63, 3.8) is 0 Å². The second kappa shape index (κ2) is 5.24. The van der Waals surface area contributed by atoms with Crippen molar-refractivity contribution < 1.29 is 4.74 Å². The Labute approximate surface area is 118 Å². The second-order valence-corrected chi connectivity index (χ2v) is 6.01. The molecule has 0 spiro atoms. The fraction of sp³-hybridized carbons (Fsp3) is 0.615. The summed E-state index contributed by atoms with van der Waals surface area (Å²) in [5, 5.41) is 0.620. The van der Waals surface area contributed by atoms with E-state index < -0.39 is 0 Å². The lowest BCUT2D eigenvalue weighted by molar-refractivity contribution is -0.0751. The first-order valence-electron chi connectivity index (χ1n) is 6.04. The third-order valence-corrected chi connectivity index (χ3v) is 3.59. The number of ether oxygens (including phenoxy) is 1. The molecule has 0 aromatic carbocycles. The molecule has 1 aromatic heterocycles. The van der Waals surface area contributed by atoms with E-state index in [2.05, 4.69) is 30.7 Å². The van der Waals surface area contributed by atoms with Gasteiger partial charge in [-0.25, -0.2) is 4.98 Å². The minimum Gasteiger partial charge on any atom is -0.369 e. The molecule has 3 nitrogen and oxygen atoms in total. The van der Waals surface area contributed by atoms with Crippen LogP contribution < -0.4 is 4.90 Å². The lowest BCUT2D eigenvalue weighted by Crippen LogP contribution is -2.52. The van der Waals surface area contributed by atoms with Crippen LogP contribution in [0.5, 0.6) is 0 Å². The fourth-order valence-electron chi connectivity index (χ4n) is 2.37. The summed E-state index contributed by atoms with van der Waals surface area (Å²) >= 11 is 11.9. The molecule has 0 radical (unpaired) electrons. The summed E-state index contributed by atoms with van der Waals surface area (Å²) in [5.74, 6) is 1.32. The molecular formula is C13H18Cl2N2O. The molecule has 100 valence electrons. The lowest BCUT2D eigenvalue weighted by atomic mass is 10.1. The Morgan fingerprint density at radius 1 is 1.56 bits per heavy atom. The number of anilines is 1. The van der Waals surface area contributed by atoms with Crippen molar-refractivity contribution in [3.05, 3.63) is 22.8 Å². The van der Waals surface area contributed by atoms with Crippen molar-refractivity contribution in [3.8, 4) is 0 Å². The van der Waals surface area contributed by atoms with Gasteiger partial charge in [0, 0.05) is 25.2 Å². The largest absolute Gasteiger partial charge is 0.369 e. The van der Waals surface area contributed by atoms with Gasteiger partial charge >= 0.3 is 0 Å². The molecular weight excluding hydrogens is 271 g/mol. The molecule has 1 aromatic rings. The van der Waals surface area contributed by atoms with Gasteiger partial charge in [-0.15, -0.1) is 11.6 Å². The molecule has 0 aliphatic carbocycles. The van der Waals surface area contributed by atoms with Crippen LogP contribution in [-0.4, -0.2) is 29.8 Å². The molecule has 1 saturated heterocycles. The van der Waals surface area contributed by atoms with Gasteiger partial charge < -0.3 is 9.64 Å². The maximum Gasteiger partial charge on any atom is 0.129 e. The zero-order chi connectivity index (χ0) is 13.3. The Kier molecular flexibility index (Phi) is 4.05. The topological polar surface area (TPSA) is 25.4 Å². The van der Waals surface area contributed by atoms with E-state index in [1.807, 2.05) is 6.07 Å². The summed E-state index contributed by atoms with van der Waals surface area (Å²) in [6.07, 6.45) is 1.85. The van der Waals surface area contributed by atoms with Crippen LogP contribution in [-0.2, 0) is 10.6 Å². The molecule has 1 atom stereocenters. The third-order valence-electron chi connectivity index (χ3n) is 2.96. The van der Waals surface area contributed by atoms with Gasteiger partial charge in [-0.05, 0) is 32.4 Å². The number of aromatic nitrogens is 1. The summed E-state index contributed by atoms with van der Waals surface area (Å²) in [6.45, 7) is 7.90. The first-order valence-corrected chi connectivity index (χ1v) is 6.96. The fourth-order valence-corrected chi connectivity index (χ4v) is 2.83. The van der Waals surface area contributed by atoms with E-state index in [9.17, 15) is 0 Å². The molecule has 0 bridgehead atoms. The zero-order valence-electron chi connectivity index (χ0n) is 10.9. The van der Waals surface area contributed by atoms with Crippen molar-refractivity contribution in [2.24, 2.45) is 0 Å². The first-order chi connectivity index (χ1) is 8.41. The van der Waals surface area contributed by atoms with Crippen LogP contribution >= 0.6 is 23.2 Å². The van der Waals surface area contributed by atoms with Gasteiger partial charge in [0.2, 0.25) is 0 Å². The van der Waals surface area contributed by atoms with Crippen LogP contribution in [0.15, 0.2) is 12.3 Å². The number of hydrogen-bond donors (Lipinski definition) is 0. The third kappa shape index (κ3) is 3.08.